The van der Waals surface area contributed by atoms with Gasteiger partial charge in [0.05, 0.1) is 31.9 Å². The van der Waals surface area contributed by atoms with Gasteiger partial charge in [-0.2, -0.15) is 9.41 Å². The Morgan fingerprint density at radius 3 is 2.33 bits per heavy atom. The summed E-state index contributed by atoms with van der Waals surface area (Å²) in [5, 5.41) is 3.96. The smallest absolute Gasteiger partial charge is 0.271 e. The molecule has 0 bridgehead atoms. The summed E-state index contributed by atoms with van der Waals surface area (Å²) in [6.45, 7) is 2.08. The number of benzene rings is 3. The van der Waals surface area contributed by atoms with Crippen LogP contribution in [0.3, 0.4) is 0 Å². The van der Waals surface area contributed by atoms with Gasteiger partial charge >= 0.3 is 0 Å². The number of hydrazone groups is 1. The standard InChI is InChI=1S/C29H29N3O6S/c1-21-9-14-26(15-10-21)39(34,35)32(19-22-7-5-4-6-8-22)20-25-13-12-24(38-25)18-30-31-29(33)23-11-16-27(36-2)28(17-23)37-3/h4-18H,19-20H2,1-3H3,(H,31,33)/b30-18-. The van der Waals surface area contributed by atoms with Crippen molar-refractivity contribution in [2.45, 2.75) is 24.9 Å². The highest BCUT2D eigenvalue weighted by Crippen LogP contribution is 2.27. The molecule has 0 radical (unpaired) electrons. The summed E-state index contributed by atoms with van der Waals surface area (Å²) >= 11 is 0. The number of ether oxygens (including phenoxy) is 2. The first-order valence-corrected chi connectivity index (χ1v) is 13.5. The molecule has 4 aromatic rings. The van der Waals surface area contributed by atoms with Gasteiger partial charge in [0.25, 0.3) is 5.91 Å². The molecule has 1 heterocycles. The molecule has 0 unspecified atom stereocenters. The van der Waals surface area contributed by atoms with Gasteiger partial charge in [-0.15, -0.1) is 0 Å². The second-order valence-electron chi connectivity index (χ2n) is 8.64. The highest BCUT2D eigenvalue weighted by molar-refractivity contribution is 7.89. The number of amides is 1. The van der Waals surface area contributed by atoms with Crippen LogP contribution in [0.1, 0.15) is 33.0 Å². The van der Waals surface area contributed by atoms with E-state index in [0.29, 0.717) is 28.6 Å². The largest absolute Gasteiger partial charge is 0.493 e. The number of sulfonamides is 1. The zero-order valence-electron chi connectivity index (χ0n) is 21.8. The van der Waals surface area contributed by atoms with Crippen molar-refractivity contribution in [2.75, 3.05) is 14.2 Å². The molecule has 0 spiro atoms. The topological polar surface area (TPSA) is 110 Å². The maximum absolute atomic E-state index is 13.5. The van der Waals surface area contributed by atoms with Crippen LogP contribution in [0.15, 0.2) is 99.3 Å². The van der Waals surface area contributed by atoms with Gasteiger partial charge in [-0.3, -0.25) is 4.79 Å². The Morgan fingerprint density at radius 1 is 0.923 bits per heavy atom. The molecule has 0 saturated heterocycles. The van der Waals surface area contributed by atoms with E-state index in [1.807, 2.05) is 37.3 Å². The summed E-state index contributed by atoms with van der Waals surface area (Å²) in [6.07, 6.45) is 1.35. The summed E-state index contributed by atoms with van der Waals surface area (Å²) in [5.41, 5.74) is 4.59. The summed E-state index contributed by atoms with van der Waals surface area (Å²) in [5.74, 6) is 1.26. The first-order chi connectivity index (χ1) is 18.8. The van der Waals surface area contributed by atoms with E-state index >= 15 is 0 Å². The zero-order chi connectivity index (χ0) is 27.8. The average molecular weight is 548 g/mol. The maximum Gasteiger partial charge on any atom is 0.271 e. The van der Waals surface area contributed by atoms with Crippen molar-refractivity contribution in [3.8, 4) is 11.5 Å². The average Bonchev–Trinajstić information content (AvgIpc) is 3.40. The number of nitrogens with zero attached hydrogens (tertiary/aromatic N) is 2. The molecule has 0 aliphatic carbocycles. The Bertz CT molecular complexity index is 1550. The Kier molecular flexibility index (Phi) is 8.80. The van der Waals surface area contributed by atoms with E-state index in [0.717, 1.165) is 11.1 Å². The number of furan rings is 1. The first kappa shape index (κ1) is 27.6. The molecule has 9 nitrogen and oxygen atoms in total. The SMILES string of the molecule is COc1ccc(C(=O)N/N=C\c2ccc(CN(Cc3ccccc3)S(=O)(=O)c3ccc(C)cc3)o2)cc1OC. The monoisotopic (exact) mass is 547 g/mol. The van der Waals surface area contributed by atoms with Crippen molar-refractivity contribution in [1.82, 2.24) is 9.73 Å². The predicted molar refractivity (Wildman–Crippen MR) is 147 cm³/mol. The van der Waals surface area contributed by atoms with E-state index in [1.165, 1.54) is 24.7 Å². The summed E-state index contributed by atoms with van der Waals surface area (Å²) < 4.78 is 44.6. The fourth-order valence-electron chi connectivity index (χ4n) is 3.79. The third-order valence-electron chi connectivity index (χ3n) is 5.88. The number of aryl methyl sites for hydroxylation is 1. The molecule has 0 aliphatic rings. The van der Waals surface area contributed by atoms with Gasteiger partial charge in [-0.1, -0.05) is 48.0 Å². The molecule has 0 aliphatic heterocycles. The minimum Gasteiger partial charge on any atom is -0.493 e. The molecule has 0 saturated carbocycles. The molecular weight excluding hydrogens is 518 g/mol. The normalized spacial score (nSPS) is 11.6. The van der Waals surface area contributed by atoms with Crippen LogP contribution < -0.4 is 14.9 Å². The van der Waals surface area contributed by atoms with Gasteiger partial charge < -0.3 is 13.9 Å². The van der Waals surface area contributed by atoms with E-state index in [-0.39, 0.29) is 18.0 Å². The molecule has 4 rings (SSSR count). The van der Waals surface area contributed by atoms with E-state index < -0.39 is 15.9 Å². The molecule has 1 aromatic heterocycles. The van der Waals surface area contributed by atoms with Crippen LogP contribution in [-0.4, -0.2) is 39.1 Å². The highest BCUT2D eigenvalue weighted by atomic mass is 32.2. The van der Waals surface area contributed by atoms with Gasteiger partial charge in [-0.25, -0.2) is 13.8 Å². The molecule has 1 amide bonds. The molecular formula is C29H29N3O6S. The third kappa shape index (κ3) is 6.92. The molecule has 0 fully saturated rings. The minimum absolute atomic E-state index is 0.0109. The number of methoxy groups -OCH3 is 2. The Balaban J connectivity index is 1.48. The maximum atomic E-state index is 13.5. The number of carbonyl (C=O) groups excluding carboxylic acids is 1. The van der Waals surface area contributed by atoms with Crippen molar-refractivity contribution in [2.24, 2.45) is 5.10 Å². The zero-order valence-corrected chi connectivity index (χ0v) is 22.6. The molecule has 1 N–H and O–H groups in total. The summed E-state index contributed by atoms with van der Waals surface area (Å²) in [7, 11) is -0.814. The predicted octanol–water partition coefficient (Wildman–Crippen LogP) is 4.76. The van der Waals surface area contributed by atoms with Crippen LogP contribution in [-0.2, 0) is 23.1 Å². The number of rotatable bonds is 11. The van der Waals surface area contributed by atoms with Gasteiger partial charge in [0.15, 0.2) is 11.5 Å². The molecule has 202 valence electrons. The Labute approximate surface area is 227 Å². The molecule has 3 aromatic carbocycles. The first-order valence-electron chi connectivity index (χ1n) is 12.0. The van der Waals surface area contributed by atoms with Crippen LogP contribution in [0.4, 0.5) is 0 Å². The Morgan fingerprint density at radius 2 is 1.64 bits per heavy atom. The lowest BCUT2D eigenvalue weighted by Gasteiger charge is -2.21. The van der Waals surface area contributed by atoms with Gasteiger partial charge in [-0.05, 0) is 55.0 Å². The van der Waals surface area contributed by atoms with E-state index in [1.54, 1.807) is 54.6 Å². The lowest BCUT2D eigenvalue weighted by Crippen LogP contribution is -2.30. The fourth-order valence-corrected chi connectivity index (χ4v) is 5.19. The van der Waals surface area contributed by atoms with Gasteiger partial charge in [0.1, 0.15) is 11.5 Å². The third-order valence-corrected chi connectivity index (χ3v) is 7.68. The molecule has 10 heteroatoms. The van der Waals surface area contributed by atoms with Crippen molar-refractivity contribution in [3.63, 3.8) is 0 Å². The molecule has 39 heavy (non-hydrogen) atoms. The summed E-state index contributed by atoms with van der Waals surface area (Å²) in [6, 6.07) is 24.2. The fraction of sp³-hybridized carbons (Fsp3) is 0.172. The van der Waals surface area contributed by atoms with Gasteiger partial charge in [0.2, 0.25) is 10.0 Å². The van der Waals surface area contributed by atoms with Crippen LogP contribution in [0.5, 0.6) is 11.5 Å². The van der Waals surface area contributed by atoms with E-state index in [4.69, 9.17) is 13.9 Å². The van der Waals surface area contributed by atoms with Gasteiger partial charge in [0, 0.05) is 12.1 Å². The second kappa shape index (κ2) is 12.4. The van der Waals surface area contributed by atoms with Crippen LogP contribution in [0, 0.1) is 6.92 Å². The van der Waals surface area contributed by atoms with Crippen LogP contribution in [0.2, 0.25) is 0 Å². The van der Waals surface area contributed by atoms with Crippen molar-refractivity contribution in [1.29, 1.82) is 0 Å². The number of carbonyl (C=O) groups is 1. The summed E-state index contributed by atoms with van der Waals surface area (Å²) in [4.78, 5) is 12.7. The number of hydrogen-bond donors (Lipinski definition) is 1. The van der Waals surface area contributed by atoms with Crippen molar-refractivity contribution < 1.29 is 27.1 Å². The Hall–Kier alpha value is -4.41. The lowest BCUT2D eigenvalue weighted by atomic mass is 10.2. The minimum atomic E-state index is -3.81. The van der Waals surface area contributed by atoms with Crippen molar-refractivity contribution >= 4 is 22.1 Å². The van der Waals surface area contributed by atoms with E-state index in [2.05, 4.69) is 10.5 Å². The van der Waals surface area contributed by atoms with Crippen molar-refractivity contribution in [3.05, 3.63) is 113 Å². The quantitative estimate of drug-likeness (QED) is 0.214. The van der Waals surface area contributed by atoms with Crippen LogP contribution in [0.25, 0.3) is 0 Å². The lowest BCUT2D eigenvalue weighted by molar-refractivity contribution is 0.0954. The molecule has 0 atom stereocenters. The highest BCUT2D eigenvalue weighted by Gasteiger charge is 2.26. The number of nitrogens with one attached hydrogen (secondary N) is 1. The number of hydrogen-bond acceptors (Lipinski definition) is 7. The second-order valence-corrected chi connectivity index (χ2v) is 10.6. The van der Waals surface area contributed by atoms with Crippen LogP contribution >= 0.6 is 0 Å². The van der Waals surface area contributed by atoms with E-state index in [9.17, 15) is 13.2 Å².